The summed E-state index contributed by atoms with van der Waals surface area (Å²) in [5.74, 6) is -0.607. The molecule has 0 saturated carbocycles. The van der Waals surface area contributed by atoms with E-state index in [0.717, 1.165) is 22.6 Å². The van der Waals surface area contributed by atoms with Gasteiger partial charge in [-0.25, -0.2) is 4.79 Å². The van der Waals surface area contributed by atoms with Gasteiger partial charge in [-0.1, -0.05) is 18.2 Å². The molecule has 1 saturated heterocycles. The summed E-state index contributed by atoms with van der Waals surface area (Å²) in [4.78, 5) is 39.4. The highest BCUT2D eigenvalue weighted by molar-refractivity contribution is 6.10. The van der Waals surface area contributed by atoms with Crippen LogP contribution in [0.15, 0.2) is 24.3 Å². The molecule has 1 N–H and O–H groups in total. The molecule has 0 unspecified atom stereocenters. The number of nitrogens with zero attached hydrogens (tertiary/aromatic N) is 2. The molecular weight excluding hydrogens is 282 g/mol. The molecule has 0 aromatic heterocycles. The van der Waals surface area contributed by atoms with Crippen LogP contribution in [0.2, 0.25) is 0 Å². The molecule has 116 valence electrons. The zero-order valence-corrected chi connectivity index (χ0v) is 12.9. The molecule has 1 aromatic rings. The number of rotatable bonds is 2. The zero-order chi connectivity index (χ0) is 16.1. The molecule has 0 spiro atoms. The highest BCUT2D eigenvalue weighted by Crippen LogP contribution is 2.32. The number of amides is 4. The number of urea groups is 1. The Morgan fingerprint density at radius 2 is 2.00 bits per heavy atom. The average Bonchev–Trinajstić information content (AvgIpc) is 2.87. The number of hydrogen-bond acceptors (Lipinski definition) is 3. The molecule has 4 amide bonds. The number of hydrogen-bond donors (Lipinski definition) is 1. The molecule has 2 aliphatic heterocycles. The van der Waals surface area contributed by atoms with E-state index in [1.165, 1.54) is 0 Å². The quantitative estimate of drug-likeness (QED) is 0.837. The van der Waals surface area contributed by atoms with E-state index in [9.17, 15) is 14.4 Å². The Balaban J connectivity index is 1.81. The zero-order valence-electron chi connectivity index (χ0n) is 12.9. The van der Waals surface area contributed by atoms with E-state index < -0.39 is 11.6 Å². The number of imide groups is 1. The van der Waals surface area contributed by atoms with Gasteiger partial charge in [0.1, 0.15) is 12.1 Å². The lowest BCUT2D eigenvalue weighted by atomic mass is 10.1. The molecule has 22 heavy (non-hydrogen) atoms. The summed E-state index contributed by atoms with van der Waals surface area (Å²) >= 11 is 0. The van der Waals surface area contributed by atoms with Crippen molar-refractivity contribution in [3.05, 3.63) is 29.8 Å². The molecule has 0 aliphatic carbocycles. The highest BCUT2D eigenvalue weighted by atomic mass is 16.2. The summed E-state index contributed by atoms with van der Waals surface area (Å²) in [6, 6.07) is 7.23. The maximum Gasteiger partial charge on any atom is 0.325 e. The topological polar surface area (TPSA) is 69.7 Å². The maximum absolute atomic E-state index is 12.6. The van der Waals surface area contributed by atoms with Crippen molar-refractivity contribution in [1.29, 1.82) is 0 Å². The fourth-order valence-corrected chi connectivity index (χ4v) is 3.12. The molecule has 1 fully saturated rings. The Morgan fingerprint density at radius 1 is 1.32 bits per heavy atom. The Bertz CT molecular complexity index is 668. The molecule has 2 aliphatic rings. The van der Waals surface area contributed by atoms with Crippen LogP contribution in [-0.2, 0) is 16.0 Å². The normalized spacial score (nSPS) is 22.8. The van der Waals surface area contributed by atoms with E-state index >= 15 is 0 Å². The predicted octanol–water partition coefficient (Wildman–Crippen LogP) is 1.29. The molecule has 0 bridgehead atoms. The number of fused-ring (bicyclic) bond motifs is 1. The number of benzene rings is 1. The fourth-order valence-electron chi connectivity index (χ4n) is 3.12. The fraction of sp³-hybridized carbons (Fsp3) is 0.438. The third-order valence-electron chi connectivity index (χ3n) is 4.21. The van der Waals surface area contributed by atoms with Crippen LogP contribution in [0.1, 0.15) is 26.3 Å². The summed E-state index contributed by atoms with van der Waals surface area (Å²) in [6.07, 6.45) is 0.785. The van der Waals surface area contributed by atoms with E-state index in [-0.39, 0.29) is 24.4 Å². The van der Waals surface area contributed by atoms with Gasteiger partial charge in [0.2, 0.25) is 5.91 Å². The van der Waals surface area contributed by atoms with Crippen LogP contribution < -0.4 is 10.2 Å². The van der Waals surface area contributed by atoms with Crippen molar-refractivity contribution in [3.8, 4) is 0 Å². The van der Waals surface area contributed by atoms with Crippen molar-refractivity contribution < 1.29 is 14.4 Å². The number of nitrogens with one attached hydrogen (secondary N) is 1. The molecule has 3 rings (SSSR count). The van der Waals surface area contributed by atoms with Gasteiger partial charge in [-0.3, -0.25) is 14.5 Å². The monoisotopic (exact) mass is 301 g/mol. The minimum Gasteiger partial charge on any atom is -0.324 e. The van der Waals surface area contributed by atoms with Gasteiger partial charge in [0, 0.05) is 11.7 Å². The lowest BCUT2D eigenvalue weighted by molar-refractivity contribution is -0.133. The molecule has 6 nitrogen and oxygen atoms in total. The Kier molecular flexibility index (Phi) is 3.20. The number of anilines is 1. The standard InChI is InChI=1S/C16H19N3O3/c1-10-8-11-6-4-5-7-12(11)19(10)13(20)9-18-14(21)16(2,3)17-15(18)22/h4-7,10H,8-9H2,1-3H3,(H,17,22)/t10-/m1/s1. The van der Waals surface area contributed by atoms with Gasteiger partial charge in [0.05, 0.1) is 0 Å². The van der Waals surface area contributed by atoms with E-state index in [0.29, 0.717) is 0 Å². The van der Waals surface area contributed by atoms with Crippen molar-refractivity contribution in [3.63, 3.8) is 0 Å². The second-order valence-corrected chi connectivity index (χ2v) is 6.39. The first-order chi connectivity index (χ1) is 10.3. The first-order valence-electron chi connectivity index (χ1n) is 7.35. The highest BCUT2D eigenvalue weighted by Gasteiger charge is 2.46. The smallest absolute Gasteiger partial charge is 0.324 e. The van der Waals surface area contributed by atoms with Crippen molar-refractivity contribution >= 4 is 23.5 Å². The van der Waals surface area contributed by atoms with Gasteiger partial charge in [-0.15, -0.1) is 0 Å². The van der Waals surface area contributed by atoms with Crippen molar-refractivity contribution in [2.24, 2.45) is 0 Å². The lowest BCUT2D eigenvalue weighted by Gasteiger charge is -2.25. The van der Waals surface area contributed by atoms with Gasteiger partial charge in [0.15, 0.2) is 0 Å². The van der Waals surface area contributed by atoms with Crippen LogP contribution in [0.3, 0.4) is 0 Å². The van der Waals surface area contributed by atoms with Crippen LogP contribution >= 0.6 is 0 Å². The predicted molar refractivity (Wildman–Crippen MR) is 81.4 cm³/mol. The second-order valence-electron chi connectivity index (χ2n) is 6.39. The summed E-state index contributed by atoms with van der Waals surface area (Å²) in [7, 11) is 0. The van der Waals surface area contributed by atoms with Crippen molar-refractivity contribution in [1.82, 2.24) is 10.2 Å². The summed E-state index contributed by atoms with van der Waals surface area (Å²) < 4.78 is 0. The largest absolute Gasteiger partial charge is 0.325 e. The maximum atomic E-state index is 12.6. The van der Waals surface area contributed by atoms with Crippen molar-refractivity contribution in [2.45, 2.75) is 38.8 Å². The van der Waals surface area contributed by atoms with Crippen LogP contribution in [0, 0.1) is 0 Å². The number of carbonyl (C=O) groups excluding carboxylic acids is 3. The third kappa shape index (κ3) is 2.15. The van der Waals surface area contributed by atoms with E-state index in [1.807, 2.05) is 31.2 Å². The SMILES string of the molecule is C[C@@H]1Cc2ccccc2N1C(=O)CN1C(=O)NC(C)(C)C1=O. The van der Waals surface area contributed by atoms with Gasteiger partial charge in [0.25, 0.3) is 5.91 Å². The first kappa shape index (κ1) is 14.6. The third-order valence-corrected chi connectivity index (χ3v) is 4.21. The summed E-state index contributed by atoms with van der Waals surface area (Å²) in [5, 5.41) is 2.59. The molecule has 2 heterocycles. The Hall–Kier alpha value is -2.37. The van der Waals surface area contributed by atoms with Crippen LogP contribution in [0.25, 0.3) is 0 Å². The second kappa shape index (κ2) is 4.83. The summed E-state index contributed by atoms with van der Waals surface area (Å²) in [6.45, 7) is 5.00. The van der Waals surface area contributed by atoms with Crippen LogP contribution in [0.5, 0.6) is 0 Å². The van der Waals surface area contributed by atoms with E-state index in [2.05, 4.69) is 5.32 Å². The average molecular weight is 301 g/mol. The van der Waals surface area contributed by atoms with Crippen molar-refractivity contribution in [2.75, 3.05) is 11.4 Å². The number of carbonyl (C=O) groups is 3. The Labute approximate surface area is 129 Å². The first-order valence-corrected chi connectivity index (χ1v) is 7.35. The van der Waals surface area contributed by atoms with Crippen LogP contribution in [0.4, 0.5) is 10.5 Å². The molecule has 0 radical (unpaired) electrons. The van der Waals surface area contributed by atoms with E-state index in [4.69, 9.17) is 0 Å². The summed E-state index contributed by atoms with van der Waals surface area (Å²) in [5.41, 5.74) is 1.03. The lowest BCUT2D eigenvalue weighted by Crippen LogP contribution is -2.46. The minimum atomic E-state index is -0.952. The van der Waals surface area contributed by atoms with Gasteiger partial charge in [-0.05, 0) is 38.8 Å². The molecule has 1 aromatic carbocycles. The molecular formula is C16H19N3O3. The number of para-hydroxylation sites is 1. The van der Waals surface area contributed by atoms with Gasteiger partial charge in [-0.2, -0.15) is 0 Å². The van der Waals surface area contributed by atoms with Crippen LogP contribution in [-0.4, -0.2) is 40.9 Å². The van der Waals surface area contributed by atoms with Gasteiger partial charge < -0.3 is 10.2 Å². The minimum absolute atomic E-state index is 0.0266. The van der Waals surface area contributed by atoms with Gasteiger partial charge >= 0.3 is 6.03 Å². The molecule has 6 heteroatoms. The van der Waals surface area contributed by atoms with E-state index in [1.54, 1.807) is 18.7 Å². The molecule has 1 atom stereocenters. The Morgan fingerprint density at radius 3 is 2.64 bits per heavy atom.